The van der Waals surface area contributed by atoms with Crippen LogP contribution >= 0.6 is 11.3 Å². The van der Waals surface area contributed by atoms with Crippen LogP contribution in [-0.2, 0) is 13.1 Å². The molecule has 1 aromatic heterocycles. The zero-order chi connectivity index (χ0) is 13.8. The van der Waals surface area contributed by atoms with Crippen LogP contribution in [0.4, 0.5) is 13.8 Å². The van der Waals surface area contributed by atoms with Crippen molar-refractivity contribution >= 4 is 16.3 Å². The first-order valence-electron chi connectivity index (χ1n) is 5.44. The molecule has 0 aliphatic rings. The first-order chi connectivity index (χ1) is 9.06. The summed E-state index contributed by atoms with van der Waals surface area (Å²) in [5.41, 5.74) is 0.616. The Bertz CT molecular complexity index is 601. The van der Waals surface area contributed by atoms with E-state index in [2.05, 4.69) is 5.32 Å². The van der Waals surface area contributed by atoms with E-state index in [1.54, 1.807) is 6.07 Å². The largest absolute Gasteiger partial charge is 0.324 e. The molecule has 2 aromatic rings. The van der Waals surface area contributed by atoms with Gasteiger partial charge >= 0.3 is 5.00 Å². The Labute approximate surface area is 111 Å². The van der Waals surface area contributed by atoms with Gasteiger partial charge in [-0.3, -0.25) is 10.1 Å². The zero-order valence-electron chi connectivity index (χ0n) is 9.73. The quantitative estimate of drug-likeness (QED) is 0.677. The number of hydrogen-bond acceptors (Lipinski definition) is 4. The predicted octanol–water partition coefficient (Wildman–Crippen LogP) is 3.22. The molecule has 0 saturated heterocycles. The third-order valence-electron chi connectivity index (χ3n) is 2.44. The number of nitrogens with one attached hydrogen (secondary N) is 1. The number of hydrogen-bond donors (Lipinski definition) is 1. The molecule has 0 saturated carbocycles. The van der Waals surface area contributed by atoms with E-state index in [1.807, 2.05) is 0 Å². The van der Waals surface area contributed by atoms with Gasteiger partial charge in [-0.15, -0.1) is 0 Å². The van der Waals surface area contributed by atoms with E-state index in [0.29, 0.717) is 18.7 Å². The molecule has 0 fully saturated rings. The molecule has 0 radical (unpaired) electrons. The molecule has 0 amide bonds. The molecule has 0 unspecified atom stereocenters. The van der Waals surface area contributed by atoms with Crippen molar-refractivity contribution in [2.75, 3.05) is 0 Å². The van der Waals surface area contributed by atoms with Crippen molar-refractivity contribution in [3.8, 4) is 0 Å². The van der Waals surface area contributed by atoms with Crippen molar-refractivity contribution < 1.29 is 13.7 Å². The molecule has 1 N–H and O–H groups in total. The minimum Gasteiger partial charge on any atom is -0.308 e. The molecule has 0 spiro atoms. The Hall–Kier alpha value is -1.86. The van der Waals surface area contributed by atoms with Crippen molar-refractivity contribution in [1.29, 1.82) is 0 Å². The van der Waals surface area contributed by atoms with Crippen molar-refractivity contribution in [2.24, 2.45) is 0 Å². The van der Waals surface area contributed by atoms with Gasteiger partial charge in [-0.2, -0.15) is 0 Å². The standard InChI is InChI=1S/C12H10F2N2O2S/c13-10-3-1-8(5-11(10)14)6-15-7-9-2-4-12(19-9)16(17)18/h1-5,15H,6-7H2. The van der Waals surface area contributed by atoms with E-state index >= 15 is 0 Å². The molecular weight excluding hydrogens is 274 g/mol. The van der Waals surface area contributed by atoms with Crippen LogP contribution in [0, 0.1) is 21.7 Å². The maximum absolute atomic E-state index is 12.9. The van der Waals surface area contributed by atoms with E-state index in [0.717, 1.165) is 28.3 Å². The molecule has 0 atom stereocenters. The minimum atomic E-state index is -0.883. The van der Waals surface area contributed by atoms with E-state index in [9.17, 15) is 18.9 Å². The van der Waals surface area contributed by atoms with Gasteiger partial charge < -0.3 is 5.32 Å². The molecule has 0 aliphatic heterocycles. The van der Waals surface area contributed by atoms with Crippen LogP contribution in [0.5, 0.6) is 0 Å². The summed E-state index contributed by atoms with van der Waals surface area (Å²) in [6.45, 7) is 0.806. The highest BCUT2D eigenvalue weighted by atomic mass is 32.1. The van der Waals surface area contributed by atoms with Gasteiger partial charge in [0.2, 0.25) is 0 Å². The lowest BCUT2D eigenvalue weighted by atomic mass is 10.2. The van der Waals surface area contributed by atoms with Crippen LogP contribution in [0.25, 0.3) is 0 Å². The highest BCUT2D eigenvalue weighted by Gasteiger charge is 2.09. The smallest absolute Gasteiger partial charge is 0.308 e. The molecule has 19 heavy (non-hydrogen) atoms. The Morgan fingerprint density at radius 2 is 1.95 bits per heavy atom. The first kappa shape index (κ1) is 13.6. The highest BCUT2D eigenvalue weighted by molar-refractivity contribution is 7.15. The van der Waals surface area contributed by atoms with Crippen molar-refractivity contribution in [3.05, 3.63) is 62.5 Å². The number of thiophene rings is 1. The SMILES string of the molecule is O=[N+]([O-])c1ccc(CNCc2ccc(F)c(F)c2)s1. The molecular formula is C12H10F2N2O2S. The second-order valence-electron chi connectivity index (χ2n) is 3.85. The van der Waals surface area contributed by atoms with Crippen molar-refractivity contribution in [3.63, 3.8) is 0 Å². The summed E-state index contributed by atoms with van der Waals surface area (Å²) in [5, 5.41) is 13.6. The zero-order valence-corrected chi connectivity index (χ0v) is 10.5. The lowest BCUT2D eigenvalue weighted by Crippen LogP contribution is -2.12. The van der Waals surface area contributed by atoms with Gasteiger partial charge in [-0.25, -0.2) is 8.78 Å². The number of nitrogens with zero attached hydrogens (tertiary/aromatic N) is 1. The fraction of sp³-hybridized carbons (Fsp3) is 0.167. The van der Waals surface area contributed by atoms with Crippen LogP contribution in [0.1, 0.15) is 10.4 Å². The molecule has 100 valence electrons. The van der Waals surface area contributed by atoms with Crippen LogP contribution in [-0.4, -0.2) is 4.92 Å². The summed E-state index contributed by atoms with van der Waals surface area (Å²) in [4.78, 5) is 10.9. The Kier molecular flexibility index (Phi) is 4.18. The number of halogens is 2. The topological polar surface area (TPSA) is 55.2 Å². The maximum atomic E-state index is 12.9. The molecule has 4 nitrogen and oxygen atoms in total. The van der Waals surface area contributed by atoms with Gasteiger partial charge in [-0.1, -0.05) is 17.4 Å². The van der Waals surface area contributed by atoms with Crippen LogP contribution in [0.3, 0.4) is 0 Å². The Balaban J connectivity index is 1.88. The van der Waals surface area contributed by atoms with Crippen molar-refractivity contribution in [2.45, 2.75) is 13.1 Å². The normalized spacial score (nSPS) is 10.6. The summed E-state index contributed by atoms with van der Waals surface area (Å²) in [5.74, 6) is -1.76. The molecule has 7 heteroatoms. The fourth-order valence-electron chi connectivity index (χ4n) is 1.54. The molecule has 1 aromatic carbocycles. The third-order valence-corrected chi connectivity index (χ3v) is 3.48. The van der Waals surface area contributed by atoms with Gasteiger partial charge in [0.15, 0.2) is 11.6 Å². The minimum absolute atomic E-state index is 0.0876. The Morgan fingerprint density at radius 1 is 1.16 bits per heavy atom. The van der Waals surface area contributed by atoms with Gasteiger partial charge in [0.1, 0.15) is 0 Å². The molecule has 0 aliphatic carbocycles. The van der Waals surface area contributed by atoms with Crippen molar-refractivity contribution in [1.82, 2.24) is 5.32 Å². The molecule has 0 bridgehead atoms. The maximum Gasteiger partial charge on any atom is 0.324 e. The monoisotopic (exact) mass is 284 g/mol. The van der Waals surface area contributed by atoms with E-state index in [4.69, 9.17) is 0 Å². The van der Waals surface area contributed by atoms with E-state index in [-0.39, 0.29) is 5.00 Å². The number of benzene rings is 1. The predicted molar refractivity (Wildman–Crippen MR) is 67.9 cm³/mol. The number of rotatable bonds is 5. The fourth-order valence-corrected chi connectivity index (χ4v) is 2.33. The van der Waals surface area contributed by atoms with Gasteiger partial charge in [0.25, 0.3) is 0 Å². The Morgan fingerprint density at radius 3 is 2.58 bits per heavy atom. The van der Waals surface area contributed by atoms with E-state index in [1.165, 1.54) is 12.1 Å². The summed E-state index contributed by atoms with van der Waals surface area (Å²) in [6.07, 6.45) is 0. The first-order valence-corrected chi connectivity index (χ1v) is 6.25. The molecule has 2 rings (SSSR count). The van der Waals surface area contributed by atoms with Crippen LogP contribution < -0.4 is 5.32 Å². The summed E-state index contributed by atoms with van der Waals surface area (Å²) in [7, 11) is 0. The average Bonchev–Trinajstić information content (AvgIpc) is 2.83. The second kappa shape index (κ2) is 5.85. The third kappa shape index (κ3) is 3.55. The summed E-state index contributed by atoms with van der Waals surface area (Å²) >= 11 is 1.09. The van der Waals surface area contributed by atoms with Gasteiger partial charge in [0, 0.05) is 24.0 Å². The lowest BCUT2D eigenvalue weighted by molar-refractivity contribution is -0.380. The van der Waals surface area contributed by atoms with Crippen LogP contribution in [0.15, 0.2) is 30.3 Å². The second-order valence-corrected chi connectivity index (χ2v) is 5.00. The molecule has 1 heterocycles. The summed E-state index contributed by atoms with van der Waals surface area (Å²) < 4.78 is 25.7. The summed E-state index contributed by atoms with van der Waals surface area (Å²) in [6, 6.07) is 6.80. The van der Waals surface area contributed by atoms with E-state index < -0.39 is 16.6 Å². The number of nitro groups is 1. The highest BCUT2D eigenvalue weighted by Crippen LogP contribution is 2.23. The van der Waals surface area contributed by atoms with Crippen LogP contribution in [0.2, 0.25) is 0 Å². The van der Waals surface area contributed by atoms with Gasteiger partial charge in [-0.05, 0) is 23.8 Å². The van der Waals surface area contributed by atoms with Gasteiger partial charge in [0.05, 0.1) is 4.92 Å². The average molecular weight is 284 g/mol. The lowest BCUT2D eigenvalue weighted by Gasteiger charge is -2.03.